The van der Waals surface area contributed by atoms with Gasteiger partial charge in [0.2, 0.25) is 0 Å². The van der Waals surface area contributed by atoms with Crippen LogP contribution in [0.5, 0.6) is 5.75 Å². The van der Waals surface area contributed by atoms with Crippen molar-refractivity contribution in [3.63, 3.8) is 0 Å². The Labute approximate surface area is 109 Å². The number of rotatable bonds is 6. The Balaban J connectivity index is 2.76. The van der Waals surface area contributed by atoms with Crippen LogP contribution in [-0.4, -0.2) is 23.0 Å². The van der Waals surface area contributed by atoms with Crippen LogP contribution in [0.3, 0.4) is 0 Å². The van der Waals surface area contributed by atoms with Gasteiger partial charge in [0.05, 0.1) is 6.61 Å². The quantitative estimate of drug-likeness (QED) is 0.647. The first-order chi connectivity index (χ1) is 8.17. The molecule has 4 heteroatoms. The summed E-state index contributed by atoms with van der Waals surface area (Å²) in [4.78, 5) is 10.8. The van der Waals surface area contributed by atoms with Crippen molar-refractivity contribution in [2.45, 2.75) is 13.3 Å². The van der Waals surface area contributed by atoms with E-state index in [0.717, 1.165) is 17.7 Å². The van der Waals surface area contributed by atoms with Gasteiger partial charge in [-0.2, -0.15) is 0 Å². The largest absolute Gasteiger partial charge is 0.494 e. The van der Waals surface area contributed by atoms with Gasteiger partial charge in [-0.3, -0.25) is 0 Å². The molecule has 92 valence electrons. The third-order valence-electron chi connectivity index (χ3n) is 2.11. The Morgan fingerprint density at radius 2 is 2.06 bits per heavy atom. The minimum absolute atomic E-state index is 0.326. The number of halogens is 1. The molecule has 0 heterocycles. The van der Waals surface area contributed by atoms with Crippen LogP contribution in [0.25, 0.3) is 6.08 Å². The summed E-state index contributed by atoms with van der Waals surface area (Å²) in [6.45, 7) is 2.74. The average Bonchev–Trinajstić information content (AvgIpc) is 2.34. The fraction of sp³-hybridized carbons (Fsp3) is 0.308. The molecule has 0 amide bonds. The number of carboxylic acid groups (broad SMARTS) is 1. The summed E-state index contributed by atoms with van der Waals surface area (Å²) in [5, 5.41) is 9.21. The van der Waals surface area contributed by atoms with Gasteiger partial charge in [0.15, 0.2) is 0 Å². The predicted octanol–water partition coefficient (Wildman–Crippen LogP) is 3.34. The molecule has 0 aliphatic heterocycles. The fourth-order valence-electron chi connectivity index (χ4n) is 1.24. The van der Waals surface area contributed by atoms with Gasteiger partial charge in [0, 0.05) is 10.9 Å². The molecule has 1 aromatic rings. The molecule has 0 unspecified atom stereocenters. The van der Waals surface area contributed by atoms with E-state index in [1.807, 2.05) is 31.2 Å². The van der Waals surface area contributed by atoms with Crippen molar-refractivity contribution in [3.8, 4) is 5.75 Å². The monoisotopic (exact) mass is 298 g/mol. The number of hydrogen-bond donors (Lipinski definition) is 1. The molecule has 0 saturated heterocycles. The number of carboxylic acids is 1. The Morgan fingerprint density at radius 1 is 1.41 bits per heavy atom. The van der Waals surface area contributed by atoms with Crippen molar-refractivity contribution in [1.29, 1.82) is 0 Å². The number of alkyl halides is 1. The molecule has 17 heavy (non-hydrogen) atoms. The Bertz CT molecular complexity index is 396. The van der Waals surface area contributed by atoms with E-state index in [9.17, 15) is 4.79 Å². The summed E-state index contributed by atoms with van der Waals surface area (Å²) in [6.07, 6.45) is 2.61. The SMILES string of the molecule is CCCOc1ccc(/C=C(\CBr)C(=O)O)cc1. The number of hydrogen-bond acceptors (Lipinski definition) is 2. The van der Waals surface area contributed by atoms with E-state index in [2.05, 4.69) is 15.9 Å². The van der Waals surface area contributed by atoms with E-state index in [4.69, 9.17) is 9.84 Å². The van der Waals surface area contributed by atoms with Crippen LogP contribution in [0.4, 0.5) is 0 Å². The number of aliphatic carboxylic acids is 1. The minimum Gasteiger partial charge on any atom is -0.494 e. The number of benzene rings is 1. The highest BCUT2D eigenvalue weighted by Crippen LogP contribution is 2.15. The summed E-state index contributed by atoms with van der Waals surface area (Å²) < 4.78 is 5.44. The van der Waals surface area contributed by atoms with Gasteiger partial charge >= 0.3 is 5.97 Å². The summed E-state index contributed by atoms with van der Waals surface area (Å²) in [7, 11) is 0. The lowest BCUT2D eigenvalue weighted by Crippen LogP contribution is -2.01. The van der Waals surface area contributed by atoms with Crippen LogP contribution in [-0.2, 0) is 4.79 Å². The topological polar surface area (TPSA) is 46.5 Å². The lowest BCUT2D eigenvalue weighted by atomic mass is 10.1. The lowest BCUT2D eigenvalue weighted by molar-refractivity contribution is -0.132. The van der Waals surface area contributed by atoms with Crippen molar-refractivity contribution in [2.75, 3.05) is 11.9 Å². The molecule has 1 aromatic carbocycles. The Morgan fingerprint density at radius 3 is 2.53 bits per heavy atom. The van der Waals surface area contributed by atoms with E-state index >= 15 is 0 Å². The molecule has 0 radical (unpaired) electrons. The van der Waals surface area contributed by atoms with E-state index < -0.39 is 5.97 Å². The molecule has 0 spiro atoms. The van der Waals surface area contributed by atoms with Gasteiger partial charge in [-0.1, -0.05) is 35.0 Å². The normalized spacial score (nSPS) is 11.3. The van der Waals surface area contributed by atoms with E-state index in [0.29, 0.717) is 17.5 Å². The van der Waals surface area contributed by atoms with Crippen molar-refractivity contribution in [3.05, 3.63) is 35.4 Å². The smallest absolute Gasteiger partial charge is 0.332 e. The van der Waals surface area contributed by atoms with Crippen LogP contribution in [0.1, 0.15) is 18.9 Å². The highest BCUT2D eigenvalue weighted by Gasteiger charge is 2.04. The molecular formula is C13H15BrO3. The zero-order valence-electron chi connectivity index (χ0n) is 9.65. The molecular weight excluding hydrogens is 284 g/mol. The van der Waals surface area contributed by atoms with Crippen molar-refractivity contribution in [2.24, 2.45) is 0 Å². The first-order valence-corrected chi connectivity index (χ1v) is 6.52. The van der Waals surface area contributed by atoms with E-state index in [1.165, 1.54) is 0 Å². The van der Waals surface area contributed by atoms with Gasteiger partial charge in [-0.05, 0) is 30.2 Å². The average molecular weight is 299 g/mol. The van der Waals surface area contributed by atoms with Gasteiger partial charge in [-0.15, -0.1) is 0 Å². The van der Waals surface area contributed by atoms with Gasteiger partial charge in [-0.25, -0.2) is 4.79 Å². The summed E-state index contributed by atoms with van der Waals surface area (Å²) in [6, 6.07) is 7.37. The minimum atomic E-state index is -0.909. The molecule has 0 fully saturated rings. The number of ether oxygens (including phenoxy) is 1. The van der Waals surface area contributed by atoms with E-state index in [1.54, 1.807) is 6.08 Å². The third kappa shape index (κ3) is 4.61. The summed E-state index contributed by atoms with van der Waals surface area (Å²) >= 11 is 3.15. The molecule has 3 nitrogen and oxygen atoms in total. The molecule has 0 aliphatic rings. The molecule has 0 aliphatic carbocycles. The first kappa shape index (κ1) is 13.8. The van der Waals surface area contributed by atoms with Crippen LogP contribution in [0, 0.1) is 0 Å². The van der Waals surface area contributed by atoms with Gasteiger partial charge in [0.1, 0.15) is 5.75 Å². The fourth-order valence-corrected chi connectivity index (χ4v) is 1.64. The molecule has 0 bridgehead atoms. The standard InChI is InChI=1S/C13H15BrO3/c1-2-7-17-12-5-3-10(4-6-12)8-11(9-14)13(15)16/h3-6,8H,2,7,9H2,1H3,(H,15,16)/b11-8+. The second-order valence-corrected chi connectivity index (χ2v) is 4.09. The zero-order valence-corrected chi connectivity index (χ0v) is 11.2. The second kappa shape index (κ2) is 7.12. The van der Waals surface area contributed by atoms with Gasteiger partial charge in [0.25, 0.3) is 0 Å². The maximum atomic E-state index is 10.8. The first-order valence-electron chi connectivity index (χ1n) is 5.40. The van der Waals surface area contributed by atoms with Crippen molar-refractivity contribution >= 4 is 28.0 Å². The molecule has 1 rings (SSSR count). The highest BCUT2D eigenvalue weighted by atomic mass is 79.9. The predicted molar refractivity (Wildman–Crippen MR) is 71.6 cm³/mol. The van der Waals surface area contributed by atoms with Crippen LogP contribution >= 0.6 is 15.9 Å². The van der Waals surface area contributed by atoms with Crippen molar-refractivity contribution in [1.82, 2.24) is 0 Å². The second-order valence-electron chi connectivity index (χ2n) is 3.53. The Hall–Kier alpha value is -1.29. The Kier molecular flexibility index (Phi) is 5.77. The van der Waals surface area contributed by atoms with Gasteiger partial charge < -0.3 is 9.84 Å². The maximum absolute atomic E-state index is 10.8. The third-order valence-corrected chi connectivity index (χ3v) is 2.72. The van der Waals surface area contributed by atoms with Crippen LogP contribution < -0.4 is 4.74 Å². The van der Waals surface area contributed by atoms with E-state index in [-0.39, 0.29) is 0 Å². The molecule has 0 saturated carbocycles. The molecule has 1 N–H and O–H groups in total. The maximum Gasteiger partial charge on any atom is 0.332 e. The molecule has 0 aromatic heterocycles. The zero-order chi connectivity index (χ0) is 12.7. The lowest BCUT2D eigenvalue weighted by Gasteiger charge is -2.04. The highest BCUT2D eigenvalue weighted by molar-refractivity contribution is 9.09. The summed E-state index contributed by atoms with van der Waals surface area (Å²) in [5.74, 6) is -0.104. The molecule has 0 atom stereocenters. The van der Waals surface area contributed by atoms with Crippen molar-refractivity contribution < 1.29 is 14.6 Å². The number of carbonyl (C=O) groups is 1. The van der Waals surface area contributed by atoms with Crippen LogP contribution in [0.15, 0.2) is 29.8 Å². The van der Waals surface area contributed by atoms with Crippen LogP contribution in [0.2, 0.25) is 0 Å². The summed E-state index contributed by atoms with van der Waals surface area (Å²) in [5.41, 5.74) is 1.18.